The number of amides is 3. The van der Waals surface area contributed by atoms with Crippen LogP contribution in [0.15, 0.2) is 24.3 Å². The van der Waals surface area contributed by atoms with Crippen molar-refractivity contribution in [2.75, 3.05) is 18.4 Å². The molecule has 0 bridgehead atoms. The molecule has 7 heteroatoms. The van der Waals surface area contributed by atoms with Gasteiger partial charge in [0.25, 0.3) is 0 Å². The summed E-state index contributed by atoms with van der Waals surface area (Å²) in [5.41, 5.74) is 0.510. The minimum absolute atomic E-state index is 0.0790. The minimum atomic E-state index is -0.713. The van der Waals surface area contributed by atoms with Gasteiger partial charge in [-0.15, -0.1) is 0 Å². The Labute approximate surface area is 127 Å². The molecule has 0 radical (unpaired) electrons. The number of nitrogens with zero attached hydrogens (tertiary/aromatic N) is 1. The highest BCUT2D eigenvalue weighted by molar-refractivity contribution is 6.39. The highest BCUT2D eigenvalue weighted by Gasteiger charge is 2.22. The molecule has 1 saturated heterocycles. The van der Waals surface area contributed by atoms with E-state index >= 15 is 0 Å². The van der Waals surface area contributed by atoms with Gasteiger partial charge < -0.3 is 15.5 Å². The quantitative estimate of drug-likeness (QED) is 0.646. The fraction of sp³-hybridized carbons (Fsp3) is 0.357. The molecule has 0 spiro atoms. The first kappa shape index (κ1) is 15.3. The van der Waals surface area contributed by atoms with Gasteiger partial charge in [-0.3, -0.25) is 14.4 Å². The van der Waals surface area contributed by atoms with Crippen LogP contribution in [0, 0.1) is 0 Å². The molecule has 1 aromatic carbocycles. The van der Waals surface area contributed by atoms with E-state index in [0.717, 1.165) is 6.41 Å². The standard InChI is InChI=1S/C14H16ClN3O3/c15-10-1-3-11(4-2-10)16-13(20)14(21)17-12-5-7-18(9-19)8-6-12/h1-4,9,12H,5-8H2,(H,16,20)(H,17,21). The zero-order chi connectivity index (χ0) is 15.2. The van der Waals surface area contributed by atoms with Crippen molar-refractivity contribution in [2.24, 2.45) is 0 Å². The molecule has 1 aliphatic rings. The maximum atomic E-state index is 11.8. The van der Waals surface area contributed by atoms with E-state index in [4.69, 9.17) is 11.6 Å². The largest absolute Gasteiger partial charge is 0.345 e. The summed E-state index contributed by atoms with van der Waals surface area (Å²) in [5, 5.41) is 5.73. The summed E-state index contributed by atoms with van der Waals surface area (Å²) < 4.78 is 0. The number of carbonyl (C=O) groups is 3. The van der Waals surface area contributed by atoms with Gasteiger partial charge in [-0.25, -0.2) is 0 Å². The van der Waals surface area contributed by atoms with Gasteiger partial charge in [0.05, 0.1) is 0 Å². The van der Waals surface area contributed by atoms with Crippen LogP contribution in [0.25, 0.3) is 0 Å². The summed E-state index contributed by atoms with van der Waals surface area (Å²) in [4.78, 5) is 35.8. The Kier molecular flexibility index (Phi) is 5.16. The summed E-state index contributed by atoms with van der Waals surface area (Å²) in [5.74, 6) is -1.38. The van der Waals surface area contributed by atoms with E-state index in [1.54, 1.807) is 29.2 Å². The first-order chi connectivity index (χ1) is 10.1. The Balaban J connectivity index is 1.81. The lowest BCUT2D eigenvalue weighted by Crippen LogP contribution is -2.47. The third kappa shape index (κ3) is 4.46. The molecule has 6 nitrogen and oxygen atoms in total. The first-order valence-electron chi connectivity index (χ1n) is 6.65. The van der Waals surface area contributed by atoms with Crippen LogP contribution in [0.5, 0.6) is 0 Å². The van der Waals surface area contributed by atoms with E-state index in [0.29, 0.717) is 36.6 Å². The van der Waals surface area contributed by atoms with Crippen molar-refractivity contribution >= 4 is 35.5 Å². The van der Waals surface area contributed by atoms with Gasteiger partial charge in [-0.05, 0) is 37.1 Å². The van der Waals surface area contributed by atoms with Gasteiger partial charge in [-0.2, -0.15) is 0 Å². The molecule has 1 heterocycles. The van der Waals surface area contributed by atoms with Gasteiger partial charge in [0.1, 0.15) is 0 Å². The lowest BCUT2D eigenvalue weighted by atomic mass is 10.1. The molecule has 0 aromatic heterocycles. The number of carbonyl (C=O) groups excluding carboxylic acids is 3. The number of benzene rings is 1. The van der Waals surface area contributed by atoms with Crippen LogP contribution in [-0.2, 0) is 14.4 Å². The van der Waals surface area contributed by atoms with Crippen LogP contribution in [0.1, 0.15) is 12.8 Å². The summed E-state index contributed by atoms with van der Waals surface area (Å²) >= 11 is 5.74. The lowest BCUT2D eigenvalue weighted by molar-refractivity contribution is -0.136. The Morgan fingerprint density at radius 1 is 1.14 bits per heavy atom. The molecule has 21 heavy (non-hydrogen) atoms. The van der Waals surface area contributed by atoms with Crippen molar-refractivity contribution in [2.45, 2.75) is 18.9 Å². The number of halogens is 1. The number of nitrogens with one attached hydrogen (secondary N) is 2. The average Bonchev–Trinajstić information content (AvgIpc) is 2.50. The van der Waals surface area contributed by atoms with E-state index in [1.165, 1.54) is 0 Å². The first-order valence-corrected chi connectivity index (χ1v) is 7.03. The van der Waals surface area contributed by atoms with Crippen LogP contribution in [0.3, 0.4) is 0 Å². The Bertz CT molecular complexity index is 525. The second-order valence-corrected chi connectivity index (χ2v) is 5.29. The molecule has 2 rings (SSSR count). The predicted molar refractivity (Wildman–Crippen MR) is 78.9 cm³/mol. The summed E-state index contributed by atoms with van der Waals surface area (Å²) in [6.45, 7) is 1.18. The van der Waals surface area contributed by atoms with E-state index in [9.17, 15) is 14.4 Å². The van der Waals surface area contributed by atoms with Gasteiger partial charge in [0.15, 0.2) is 0 Å². The Morgan fingerprint density at radius 3 is 2.33 bits per heavy atom. The number of hydrogen-bond acceptors (Lipinski definition) is 3. The fourth-order valence-corrected chi connectivity index (χ4v) is 2.25. The molecule has 3 amide bonds. The summed E-state index contributed by atoms with van der Waals surface area (Å²) in [6, 6.07) is 6.42. The molecule has 0 aliphatic carbocycles. The summed E-state index contributed by atoms with van der Waals surface area (Å²) in [7, 11) is 0. The number of likely N-dealkylation sites (tertiary alicyclic amines) is 1. The minimum Gasteiger partial charge on any atom is -0.345 e. The van der Waals surface area contributed by atoms with E-state index in [-0.39, 0.29) is 6.04 Å². The van der Waals surface area contributed by atoms with Crippen LogP contribution in [0.4, 0.5) is 5.69 Å². The van der Waals surface area contributed by atoms with E-state index < -0.39 is 11.8 Å². The molecule has 0 atom stereocenters. The third-order valence-corrected chi connectivity index (χ3v) is 3.57. The fourth-order valence-electron chi connectivity index (χ4n) is 2.12. The van der Waals surface area contributed by atoms with Gasteiger partial charge in [-0.1, -0.05) is 11.6 Å². The number of anilines is 1. The molecule has 0 unspecified atom stereocenters. The third-order valence-electron chi connectivity index (χ3n) is 3.32. The average molecular weight is 310 g/mol. The van der Waals surface area contributed by atoms with Gasteiger partial charge in [0, 0.05) is 29.8 Å². The second kappa shape index (κ2) is 7.08. The SMILES string of the molecule is O=CN1CCC(NC(=O)C(=O)Nc2ccc(Cl)cc2)CC1. The van der Waals surface area contributed by atoms with E-state index in [1.807, 2.05) is 0 Å². The van der Waals surface area contributed by atoms with Crippen molar-refractivity contribution < 1.29 is 14.4 Å². The monoisotopic (exact) mass is 309 g/mol. The van der Waals surface area contributed by atoms with Crippen molar-refractivity contribution in [3.63, 3.8) is 0 Å². The maximum Gasteiger partial charge on any atom is 0.313 e. The molecule has 0 saturated carbocycles. The molecule has 112 valence electrons. The van der Waals surface area contributed by atoms with Crippen LogP contribution in [0.2, 0.25) is 5.02 Å². The zero-order valence-corrected chi connectivity index (χ0v) is 12.1. The van der Waals surface area contributed by atoms with Crippen LogP contribution in [-0.4, -0.2) is 42.3 Å². The number of piperidine rings is 1. The molecule has 1 aromatic rings. The second-order valence-electron chi connectivity index (χ2n) is 4.85. The van der Waals surface area contributed by atoms with Gasteiger partial charge >= 0.3 is 11.8 Å². The molecule has 2 N–H and O–H groups in total. The van der Waals surface area contributed by atoms with E-state index in [2.05, 4.69) is 10.6 Å². The summed E-state index contributed by atoms with van der Waals surface area (Å²) in [6.07, 6.45) is 2.10. The molecule has 1 aliphatic heterocycles. The predicted octanol–water partition coefficient (Wildman–Crippen LogP) is 1.02. The molecule has 1 fully saturated rings. The van der Waals surface area contributed by atoms with Crippen molar-refractivity contribution in [1.82, 2.24) is 10.2 Å². The number of rotatable bonds is 3. The van der Waals surface area contributed by atoms with Crippen molar-refractivity contribution in [1.29, 1.82) is 0 Å². The zero-order valence-electron chi connectivity index (χ0n) is 11.3. The Morgan fingerprint density at radius 2 is 1.76 bits per heavy atom. The maximum absolute atomic E-state index is 11.8. The van der Waals surface area contributed by atoms with Crippen molar-refractivity contribution in [3.8, 4) is 0 Å². The molecular formula is C14H16ClN3O3. The highest BCUT2D eigenvalue weighted by Crippen LogP contribution is 2.13. The van der Waals surface area contributed by atoms with Crippen LogP contribution < -0.4 is 10.6 Å². The smallest absolute Gasteiger partial charge is 0.313 e. The lowest BCUT2D eigenvalue weighted by Gasteiger charge is -2.29. The van der Waals surface area contributed by atoms with Crippen LogP contribution >= 0.6 is 11.6 Å². The highest BCUT2D eigenvalue weighted by atomic mass is 35.5. The normalized spacial score (nSPS) is 15.4. The topological polar surface area (TPSA) is 78.5 Å². The number of hydrogen-bond donors (Lipinski definition) is 2. The van der Waals surface area contributed by atoms with Crippen molar-refractivity contribution in [3.05, 3.63) is 29.3 Å². The van der Waals surface area contributed by atoms with Gasteiger partial charge in [0.2, 0.25) is 6.41 Å². The molecular weight excluding hydrogens is 294 g/mol. The Hall–Kier alpha value is -2.08.